The fourth-order valence-corrected chi connectivity index (χ4v) is 3.66. The lowest BCUT2D eigenvalue weighted by molar-refractivity contribution is -0.126. The van der Waals surface area contributed by atoms with Gasteiger partial charge in [0.25, 0.3) is 5.91 Å². The third-order valence-electron chi connectivity index (χ3n) is 5.18. The molecule has 0 aromatic heterocycles. The van der Waals surface area contributed by atoms with E-state index in [0.717, 1.165) is 32.4 Å². The van der Waals surface area contributed by atoms with Gasteiger partial charge < -0.3 is 15.5 Å². The average molecular weight is 347 g/mol. The van der Waals surface area contributed by atoms with Crippen LogP contribution in [0.3, 0.4) is 0 Å². The molecule has 0 radical (unpaired) electrons. The number of benzene rings is 1. The highest BCUT2D eigenvalue weighted by Gasteiger charge is 2.29. The normalized spacial score (nSPS) is 23.5. The zero-order valence-corrected chi connectivity index (χ0v) is 14.5. The number of hydrogen-bond donors (Lipinski definition) is 2. The summed E-state index contributed by atoms with van der Waals surface area (Å²) in [6.45, 7) is 3.90. The molecule has 136 valence electrons. The van der Waals surface area contributed by atoms with Crippen molar-refractivity contribution < 1.29 is 14.0 Å². The summed E-state index contributed by atoms with van der Waals surface area (Å²) >= 11 is 0. The summed E-state index contributed by atoms with van der Waals surface area (Å²) in [5.74, 6) is 0.0602. The largest absolute Gasteiger partial charge is 0.356 e. The van der Waals surface area contributed by atoms with Gasteiger partial charge in [0.1, 0.15) is 5.82 Å². The molecule has 2 heterocycles. The molecule has 2 unspecified atom stereocenters. The number of hydrogen-bond acceptors (Lipinski definition) is 3. The van der Waals surface area contributed by atoms with Crippen LogP contribution < -0.4 is 10.6 Å². The standard InChI is InChI=1S/C19H26FN3O2/c20-17-5-3-15(4-6-17)19(25)23-11-1-2-16(13-23)18(24)22-10-8-14-7-9-21-12-14/h3-6,14,16,21H,1-2,7-13H2,(H,22,24). The van der Waals surface area contributed by atoms with E-state index in [0.29, 0.717) is 31.1 Å². The number of carbonyl (C=O) groups is 2. The zero-order valence-electron chi connectivity index (χ0n) is 14.5. The highest BCUT2D eigenvalue weighted by molar-refractivity contribution is 5.94. The second kappa shape index (κ2) is 8.43. The summed E-state index contributed by atoms with van der Waals surface area (Å²) < 4.78 is 13.0. The molecule has 2 aliphatic rings. The van der Waals surface area contributed by atoms with Crippen LogP contribution in [0.5, 0.6) is 0 Å². The van der Waals surface area contributed by atoms with Gasteiger partial charge in [0.2, 0.25) is 5.91 Å². The Labute approximate surface area is 148 Å². The summed E-state index contributed by atoms with van der Waals surface area (Å²) in [4.78, 5) is 26.6. The third-order valence-corrected chi connectivity index (χ3v) is 5.18. The molecule has 0 bridgehead atoms. The first-order valence-corrected chi connectivity index (χ1v) is 9.17. The fraction of sp³-hybridized carbons (Fsp3) is 0.579. The van der Waals surface area contributed by atoms with Crippen molar-refractivity contribution in [2.45, 2.75) is 25.7 Å². The Hall–Kier alpha value is -1.95. The molecule has 5 nitrogen and oxygen atoms in total. The van der Waals surface area contributed by atoms with E-state index < -0.39 is 0 Å². The van der Waals surface area contributed by atoms with Gasteiger partial charge in [0.05, 0.1) is 5.92 Å². The number of halogens is 1. The van der Waals surface area contributed by atoms with Crippen molar-refractivity contribution in [1.29, 1.82) is 0 Å². The molecule has 2 atom stereocenters. The van der Waals surface area contributed by atoms with E-state index in [1.807, 2.05) is 0 Å². The monoisotopic (exact) mass is 347 g/mol. The lowest BCUT2D eigenvalue weighted by Gasteiger charge is -2.32. The molecule has 2 amide bonds. The van der Waals surface area contributed by atoms with Gasteiger partial charge in [-0.05, 0) is 69.0 Å². The summed E-state index contributed by atoms with van der Waals surface area (Å²) in [5, 5.41) is 6.36. The fourth-order valence-electron chi connectivity index (χ4n) is 3.66. The van der Waals surface area contributed by atoms with Gasteiger partial charge in [-0.1, -0.05) is 0 Å². The quantitative estimate of drug-likeness (QED) is 0.854. The van der Waals surface area contributed by atoms with E-state index in [1.54, 1.807) is 4.90 Å². The maximum absolute atomic E-state index is 13.0. The van der Waals surface area contributed by atoms with Crippen LogP contribution in [0.15, 0.2) is 24.3 Å². The van der Waals surface area contributed by atoms with E-state index in [-0.39, 0.29) is 23.5 Å². The van der Waals surface area contributed by atoms with E-state index >= 15 is 0 Å². The van der Waals surface area contributed by atoms with Gasteiger partial charge in [-0.3, -0.25) is 9.59 Å². The predicted octanol–water partition coefficient (Wildman–Crippen LogP) is 1.79. The average Bonchev–Trinajstić information content (AvgIpc) is 3.15. The molecule has 1 aromatic carbocycles. The van der Waals surface area contributed by atoms with Crippen molar-refractivity contribution in [2.24, 2.45) is 11.8 Å². The van der Waals surface area contributed by atoms with Crippen molar-refractivity contribution in [3.63, 3.8) is 0 Å². The first-order valence-electron chi connectivity index (χ1n) is 9.17. The van der Waals surface area contributed by atoms with Crippen LogP contribution in [0.25, 0.3) is 0 Å². The first-order chi connectivity index (χ1) is 12.1. The minimum atomic E-state index is -0.357. The Balaban J connectivity index is 1.48. The Morgan fingerprint density at radius 2 is 2.04 bits per heavy atom. The second-order valence-electron chi connectivity index (χ2n) is 7.04. The van der Waals surface area contributed by atoms with Crippen LogP contribution >= 0.6 is 0 Å². The van der Waals surface area contributed by atoms with E-state index in [9.17, 15) is 14.0 Å². The number of piperidine rings is 1. The van der Waals surface area contributed by atoms with Crippen LogP contribution in [0.2, 0.25) is 0 Å². The molecule has 3 rings (SSSR count). The SMILES string of the molecule is O=C(NCCC1CCNC1)C1CCCN(C(=O)c2ccc(F)cc2)C1. The topological polar surface area (TPSA) is 61.4 Å². The van der Waals surface area contributed by atoms with Crippen molar-refractivity contribution in [3.8, 4) is 0 Å². The summed E-state index contributed by atoms with van der Waals surface area (Å²) in [7, 11) is 0. The number of likely N-dealkylation sites (tertiary alicyclic amines) is 1. The Bertz CT molecular complexity index is 599. The van der Waals surface area contributed by atoms with Gasteiger partial charge in [0, 0.05) is 25.2 Å². The maximum Gasteiger partial charge on any atom is 0.253 e. The third kappa shape index (κ3) is 4.78. The Morgan fingerprint density at radius 1 is 1.24 bits per heavy atom. The summed E-state index contributed by atoms with van der Waals surface area (Å²) in [6, 6.07) is 5.58. The van der Waals surface area contributed by atoms with Crippen molar-refractivity contribution in [1.82, 2.24) is 15.5 Å². The summed E-state index contributed by atoms with van der Waals surface area (Å²) in [5.41, 5.74) is 0.469. The van der Waals surface area contributed by atoms with Crippen LogP contribution in [0, 0.1) is 17.7 Å². The molecule has 0 spiro atoms. The van der Waals surface area contributed by atoms with Crippen molar-refractivity contribution in [2.75, 3.05) is 32.7 Å². The van der Waals surface area contributed by atoms with E-state index in [2.05, 4.69) is 10.6 Å². The summed E-state index contributed by atoms with van der Waals surface area (Å²) in [6.07, 6.45) is 3.81. The molecule has 2 fully saturated rings. The molecular formula is C19H26FN3O2. The molecule has 25 heavy (non-hydrogen) atoms. The molecule has 1 aromatic rings. The van der Waals surface area contributed by atoms with Gasteiger partial charge in [0.15, 0.2) is 0 Å². The number of carbonyl (C=O) groups excluding carboxylic acids is 2. The first kappa shape index (κ1) is 17.9. The van der Waals surface area contributed by atoms with Crippen LogP contribution in [-0.4, -0.2) is 49.4 Å². The van der Waals surface area contributed by atoms with Gasteiger partial charge in [-0.15, -0.1) is 0 Å². The van der Waals surface area contributed by atoms with Crippen LogP contribution in [0.4, 0.5) is 4.39 Å². The van der Waals surface area contributed by atoms with E-state index in [1.165, 1.54) is 30.7 Å². The minimum Gasteiger partial charge on any atom is -0.356 e. The van der Waals surface area contributed by atoms with Crippen molar-refractivity contribution in [3.05, 3.63) is 35.6 Å². The molecule has 2 saturated heterocycles. The number of amides is 2. The van der Waals surface area contributed by atoms with Crippen LogP contribution in [-0.2, 0) is 4.79 Å². The Kier molecular flexibility index (Phi) is 6.02. The molecule has 2 aliphatic heterocycles. The van der Waals surface area contributed by atoms with Crippen LogP contribution in [0.1, 0.15) is 36.0 Å². The maximum atomic E-state index is 13.0. The van der Waals surface area contributed by atoms with Gasteiger partial charge >= 0.3 is 0 Å². The number of nitrogens with zero attached hydrogens (tertiary/aromatic N) is 1. The second-order valence-corrected chi connectivity index (χ2v) is 7.04. The lowest BCUT2D eigenvalue weighted by atomic mass is 9.96. The highest BCUT2D eigenvalue weighted by atomic mass is 19.1. The zero-order chi connectivity index (χ0) is 17.6. The minimum absolute atomic E-state index is 0.0440. The van der Waals surface area contributed by atoms with Gasteiger partial charge in [-0.25, -0.2) is 4.39 Å². The smallest absolute Gasteiger partial charge is 0.253 e. The van der Waals surface area contributed by atoms with E-state index in [4.69, 9.17) is 0 Å². The Morgan fingerprint density at radius 3 is 2.76 bits per heavy atom. The molecular weight excluding hydrogens is 321 g/mol. The molecule has 0 aliphatic carbocycles. The highest BCUT2D eigenvalue weighted by Crippen LogP contribution is 2.19. The predicted molar refractivity (Wildman–Crippen MR) is 93.6 cm³/mol. The lowest BCUT2D eigenvalue weighted by Crippen LogP contribution is -2.45. The molecule has 2 N–H and O–H groups in total. The number of nitrogens with one attached hydrogen (secondary N) is 2. The van der Waals surface area contributed by atoms with Gasteiger partial charge in [-0.2, -0.15) is 0 Å². The number of rotatable bonds is 5. The molecule has 6 heteroatoms. The molecule has 0 saturated carbocycles. The van der Waals surface area contributed by atoms with Crippen molar-refractivity contribution >= 4 is 11.8 Å².